The molecule has 1 atom stereocenters. The van der Waals surface area contributed by atoms with Crippen molar-refractivity contribution < 1.29 is 13.2 Å². The molecular weight excluding hydrogens is 313 g/mol. The van der Waals surface area contributed by atoms with Gasteiger partial charge < -0.3 is 9.88 Å². The van der Waals surface area contributed by atoms with Crippen molar-refractivity contribution in [1.29, 1.82) is 0 Å². The Morgan fingerprint density at radius 3 is 2.95 bits per heavy atom. The summed E-state index contributed by atoms with van der Waals surface area (Å²) in [4.78, 5) is 9.10. The van der Waals surface area contributed by atoms with Crippen LogP contribution in [-0.2, 0) is 25.7 Å². The molecule has 0 saturated carbocycles. The normalized spacial score (nSPS) is 18.5. The lowest BCUT2D eigenvalue weighted by molar-refractivity contribution is -0.141. The highest BCUT2D eigenvalue weighted by atomic mass is 32.1. The fourth-order valence-electron chi connectivity index (χ4n) is 2.70. The Morgan fingerprint density at radius 2 is 2.27 bits per heavy atom. The first kappa shape index (κ1) is 15.5. The number of rotatable bonds is 4. The molecule has 1 aliphatic rings. The van der Waals surface area contributed by atoms with Gasteiger partial charge in [0, 0.05) is 37.1 Å². The van der Waals surface area contributed by atoms with Gasteiger partial charge in [-0.1, -0.05) is 0 Å². The molecule has 0 saturated heterocycles. The van der Waals surface area contributed by atoms with Gasteiger partial charge >= 0.3 is 6.18 Å². The number of aryl methyl sites for hydroxylation is 2. The molecule has 0 aromatic carbocycles. The second-order valence-electron chi connectivity index (χ2n) is 5.59. The number of alkyl halides is 3. The molecule has 8 heteroatoms. The van der Waals surface area contributed by atoms with E-state index in [2.05, 4.69) is 15.3 Å². The minimum Gasteiger partial charge on any atom is -0.334 e. The number of hydrogen-bond donors (Lipinski definition) is 1. The molecule has 2 aromatic heterocycles. The second kappa shape index (κ2) is 6.00. The van der Waals surface area contributed by atoms with Crippen LogP contribution in [0.25, 0.3) is 0 Å². The molecule has 4 nitrogen and oxygen atoms in total. The van der Waals surface area contributed by atoms with Crippen LogP contribution in [0, 0.1) is 12.8 Å². The lowest BCUT2D eigenvalue weighted by Crippen LogP contribution is -2.29. The maximum atomic E-state index is 12.7. The van der Waals surface area contributed by atoms with Crippen molar-refractivity contribution in [3.63, 3.8) is 0 Å². The third-order valence-electron chi connectivity index (χ3n) is 3.94. The molecule has 0 spiro atoms. The molecule has 2 aromatic rings. The van der Waals surface area contributed by atoms with Crippen molar-refractivity contribution in [1.82, 2.24) is 19.9 Å². The summed E-state index contributed by atoms with van der Waals surface area (Å²) in [5.41, 5.74) is 2.08. The van der Waals surface area contributed by atoms with Gasteiger partial charge in [0.05, 0.1) is 11.2 Å². The summed E-state index contributed by atoms with van der Waals surface area (Å²) in [6, 6.07) is 0. The lowest BCUT2D eigenvalue weighted by atomic mass is 9.99. The molecule has 1 N–H and O–H groups in total. The van der Waals surface area contributed by atoms with Crippen LogP contribution < -0.4 is 5.32 Å². The van der Waals surface area contributed by atoms with Crippen LogP contribution in [0.5, 0.6) is 0 Å². The van der Waals surface area contributed by atoms with Gasteiger partial charge in [0.25, 0.3) is 0 Å². The number of nitrogens with one attached hydrogen (secondary N) is 1. The van der Waals surface area contributed by atoms with E-state index in [0.29, 0.717) is 24.7 Å². The largest absolute Gasteiger partial charge is 0.434 e. The van der Waals surface area contributed by atoms with Crippen molar-refractivity contribution in [3.05, 3.63) is 33.8 Å². The molecule has 120 valence electrons. The van der Waals surface area contributed by atoms with Crippen molar-refractivity contribution >= 4 is 11.3 Å². The number of imidazole rings is 1. The van der Waals surface area contributed by atoms with Crippen LogP contribution in [-0.4, -0.2) is 21.1 Å². The lowest BCUT2D eigenvalue weighted by Gasteiger charge is -2.23. The highest BCUT2D eigenvalue weighted by Gasteiger charge is 2.35. The highest BCUT2D eigenvalue weighted by Crippen LogP contribution is 2.30. The summed E-state index contributed by atoms with van der Waals surface area (Å²) in [6.07, 6.45) is -1.76. The summed E-state index contributed by atoms with van der Waals surface area (Å²) >= 11 is 1.62. The predicted molar refractivity (Wildman–Crippen MR) is 77.6 cm³/mol. The Labute approximate surface area is 130 Å². The Balaban J connectivity index is 1.55. The van der Waals surface area contributed by atoms with Crippen LogP contribution in [0.4, 0.5) is 13.2 Å². The van der Waals surface area contributed by atoms with E-state index < -0.39 is 11.9 Å². The molecule has 1 aliphatic heterocycles. The van der Waals surface area contributed by atoms with E-state index >= 15 is 0 Å². The molecule has 0 unspecified atom stereocenters. The van der Waals surface area contributed by atoms with E-state index in [-0.39, 0.29) is 0 Å². The first-order valence-corrected chi connectivity index (χ1v) is 8.04. The fourth-order valence-corrected chi connectivity index (χ4v) is 3.45. The zero-order valence-electron chi connectivity index (χ0n) is 12.2. The number of nitrogens with zero attached hydrogens (tertiary/aromatic N) is 3. The first-order valence-electron chi connectivity index (χ1n) is 7.16. The Hall–Kier alpha value is -1.41. The van der Waals surface area contributed by atoms with E-state index in [1.807, 2.05) is 12.4 Å². The monoisotopic (exact) mass is 330 g/mol. The van der Waals surface area contributed by atoms with Crippen molar-refractivity contribution in [2.75, 3.05) is 6.54 Å². The average molecular weight is 330 g/mol. The maximum absolute atomic E-state index is 12.7. The number of thiazole rings is 1. The molecule has 3 heterocycles. The van der Waals surface area contributed by atoms with E-state index in [0.717, 1.165) is 31.4 Å². The summed E-state index contributed by atoms with van der Waals surface area (Å²) in [6.45, 7) is 4.12. The molecule has 0 amide bonds. The smallest absolute Gasteiger partial charge is 0.334 e. The van der Waals surface area contributed by atoms with Crippen LogP contribution >= 0.6 is 11.3 Å². The minimum absolute atomic E-state index is 0.330. The van der Waals surface area contributed by atoms with Crippen LogP contribution in [0.15, 0.2) is 11.7 Å². The van der Waals surface area contributed by atoms with Gasteiger partial charge in [-0.2, -0.15) is 13.2 Å². The summed E-state index contributed by atoms with van der Waals surface area (Å²) in [5.74, 6) is 0.873. The Morgan fingerprint density at radius 1 is 1.45 bits per heavy atom. The fraction of sp³-hybridized carbons (Fsp3) is 0.571. The Kier molecular flexibility index (Phi) is 4.22. The van der Waals surface area contributed by atoms with E-state index in [4.69, 9.17) is 0 Å². The number of aromatic nitrogens is 3. The summed E-state index contributed by atoms with van der Waals surface area (Å²) in [5, 5.41) is 3.38. The molecule has 0 aliphatic carbocycles. The van der Waals surface area contributed by atoms with Crippen molar-refractivity contribution in [3.8, 4) is 0 Å². The number of halogens is 3. The van der Waals surface area contributed by atoms with Crippen LogP contribution in [0.2, 0.25) is 0 Å². The molecule has 22 heavy (non-hydrogen) atoms. The first-order chi connectivity index (χ1) is 10.4. The molecule has 0 bridgehead atoms. The number of fused-ring (bicyclic) bond motifs is 1. The molecule has 0 fully saturated rings. The topological polar surface area (TPSA) is 42.7 Å². The van der Waals surface area contributed by atoms with E-state index in [1.165, 1.54) is 4.88 Å². The highest BCUT2D eigenvalue weighted by molar-refractivity contribution is 7.09. The van der Waals surface area contributed by atoms with Crippen molar-refractivity contribution in [2.24, 2.45) is 5.92 Å². The van der Waals surface area contributed by atoms with E-state index in [1.54, 1.807) is 15.9 Å². The van der Waals surface area contributed by atoms with Gasteiger partial charge in [-0.25, -0.2) is 9.97 Å². The SMILES string of the molecule is Cc1ncsc1CNC[C@H]1CCc2nc(C(F)(F)F)cn2C1. The van der Waals surface area contributed by atoms with Crippen LogP contribution in [0.3, 0.4) is 0 Å². The minimum atomic E-state index is -4.36. The second-order valence-corrected chi connectivity index (χ2v) is 6.53. The van der Waals surface area contributed by atoms with Gasteiger partial charge in [0.1, 0.15) is 5.82 Å². The Bertz CT molecular complexity index is 647. The molecular formula is C14H17F3N4S. The van der Waals surface area contributed by atoms with Crippen molar-refractivity contribution in [2.45, 2.75) is 39.0 Å². The van der Waals surface area contributed by atoms with Gasteiger partial charge in [-0.05, 0) is 19.3 Å². The summed E-state index contributed by atoms with van der Waals surface area (Å²) < 4.78 is 39.7. The molecule has 3 rings (SSSR count). The third-order valence-corrected chi connectivity index (χ3v) is 4.88. The average Bonchev–Trinajstić information content (AvgIpc) is 3.04. The van der Waals surface area contributed by atoms with Gasteiger partial charge in [-0.15, -0.1) is 11.3 Å². The standard InChI is InChI=1S/C14H17F3N4S/c1-9-11(22-8-19-9)5-18-4-10-2-3-13-20-12(14(15,16)17)7-21(13)6-10/h7-8,10,18H,2-6H2,1H3/t10-/m1/s1. The van der Waals surface area contributed by atoms with Gasteiger partial charge in [0.2, 0.25) is 0 Å². The number of hydrogen-bond acceptors (Lipinski definition) is 4. The van der Waals surface area contributed by atoms with Gasteiger partial charge in [0.15, 0.2) is 5.69 Å². The summed E-state index contributed by atoms with van der Waals surface area (Å²) in [7, 11) is 0. The van der Waals surface area contributed by atoms with E-state index in [9.17, 15) is 13.2 Å². The van der Waals surface area contributed by atoms with Crippen LogP contribution in [0.1, 0.15) is 28.5 Å². The third kappa shape index (κ3) is 3.33. The zero-order chi connectivity index (χ0) is 15.7. The quantitative estimate of drug-likeness (QED) is 0.937. The maximum Gasteiger partial charge on any atom is 0.434 e. The zero-order valence-corrected chi connectivity index (χ0v) is 13.0. The van der Waals surface area contributed by atoms with Gasteiger partial charge in [-0.3, -0.25) is 0 Å². The predicted octanol–water partition coefficient (Wildman–Crippen LogP) is 3.02. The molecule has 0 radical (unpaired) electrons.